The molecule has 6 heteroatoms. The fourth-order valence-electron chi connectivity index (χ4n) is 4.54. The van der Waals surface area contributed by atoms with Crippen LogP contribution in [0.15, 0.2) is 91.3 Å². The average Bonchev–Trinajstić information content (AvgIpc) is 3.50. The molecule has 0 bridgehead atoms. The molecule has 0 atom stereocenters. The highest BCUT2D eigenvalue weighted by molar-refractivity contribution is 5.93. The van der Waals surface area contributed by atoms with Crippen LogP contribution in [0.2, 0.25) is 0 Å². The molecule has 6 nitrogen and oxygen atoms in total. The second kappa shape index (κ2) is 12.2. The lowest BCUT2D eigenvalue weighted by Crippen LogP contribution is -2.10. The van der Waals surface area contributed by atoms with Gasteiger partial charge in [-0.05, 0) is 36.1 Å². The number of rotatable bonds is 10. The zero-order valence-electron chi connectivity index (χ0n) is 20.8. The first-order valence-electron chi connectivity index (χ1n) is 12.8. The summed E-state index contributed by atoms with van der Waals surface area (Å²) in [7, 11) is 0. The summed E-state index contributed by atoms with van der Waals surface area (Å²) in [5.41, 5.74) is 5.11. The lowest BCUT2D eigenvalue weighted by Gasteiger charge is -2.14. The summed E-state index contributed by atoms with van der Waals surface area (Å²) in [6.45, 7) is 1.07. The molecule has 0 radical (unpaired) electrons. The van der Waals surface area contributed by atoms with Crippen LogP contribution in [0.25, 0.3) is 0 Å². The first-order chi connectivity index (χ1) is 18.2. The van der Waals surface area contributed by atoms with E-state index in [-0.39, 0.29) is 6.61 Å². The monoisotopic (exact) mass is 493 g/mol. The Hall–Kier alpha value is -4.19. The molecule has 1 fully saturated rings. The van der Waals surface area contributed by atoms with E-state index in [1.807, 2.05) is 85.2 Å². The molecule has 37 heavy (non-hydrogen) atoms. The fraction of sp³-hybridized carbons (Fsp3) is 0.258. The Morgan fingerprint density at radius 3 is 2.22 bits per heavy atom. The van der Waals surface area contributed by atoms with Gasteiger partial charge in [0.1, 0.15) is 24.5 Å². The van der Waals surface area contributed by atoms with Gasteiger partial charge in [0.15, 0.2) is 0 Å². The first-order valence-corrected chi connectivity index (χ1v) is 12.8. The Morgan fingerprint density at radius 1 is 0.838 bits per heavy atom. The van der Waals surface area contributed by atoms with E-state index in [1.165, 1.54) is 25.7 Å². The Morgan fingerprint density at radius 2 is 1.54 bits per heavy atom. The van der Waals surface area contributed by atoms with Crippen molar-refractivity contribution in [1.29, 1.82) is 0 Å². The molecule has 1 aliphatic rings. The van der Waals surface area contributed by atoms with Gasteiger partial charge < -0.3 is 14.8 Å². The molecular formula is C31H31N3O3. The number of carbonyl (C=O) groups is 1. The number of benzene rings is 3. The van der Waals surface area contributed by atoms with Crippen LogP contribution in [-0.2, 0) is 24.5 Å². The highest BCUT2D eigenvalue weighted by Gasteiger charge is 2.19. The van der Waals surface area contributed by atoms with E-state index >= 15 is 0 Å². The van der Waals surface area contributed by atoms with Gasteiger partial charge in [-0.3, -0.25) is 9.97 Å². The highest BCUT2D eigenvalue weighted by atomic mass is 16.5. The SMILES string of the molecule is O=C(OCc1ccccc1)c1ccc(NCc2cnc(C3CCCC3)cn2)cc1OCc1ccccc1. The maximum absolute atomic E-state index is 12.9. The summed E-state index contributed by atoms with van der Waals surface area (Å²) in [5.74, 6) is 0.592. The van der Waals surface area contributed by atoms with Gasteiger partial charge >= 0.3 is 5.97 Å². The van der Waals surface area contributed by atoms with Crippen LogP contribution in [0.5, 0.6) is 5.75 Å². The third-order valence-corrected chi connectivity index (χ3v) is 6.62. The van der Waals surface area contributed by atoms with Crippen LogP contribution in [-0.4, -0.2) is 15.9 Å². The van der Waals surface area contributed by atoms with Crippen molar-refractivity contribution in [2.45, 2.75) is 51.4 Å². The van der Waals surface area contributed by atoms with E-state index < -0.39 is 5.97 Å². The molecule has 0 amide bonds. The van der Waals surface area contributed by atoms with E-state index in [1.54, 1.807) is 6.07 Å². The van der Waals surface area contributed by atoms with Crippen LogP contribution in [0.4, 0.5) is 5.69 Å². The number of aromatic nitrogens is 2. The van der Waals surface area contributed by atoms with Gasteiger partial charge in [-0.15, -0.1) is 0 Å². The number of hydrogen-bond acceptors (Lipinski definition) is 6. The summed E-state index contributed by atoms with van der Waals surface area (Å²) >= 11 is 0. The number of ether oxygens (including phenoxy) is 2. The van der Waals surface area contributed by atoms with Crippen molar-refractivity contribution in [2.24, 2.45) is 0 Å². The standard InChI is InChI=1S/C31H31N3O3/c35-31(37-22-24-11-5-2-6-12-24)28-16-15-26(17-30(28)36-21-23-9-3-1-4-10-23)32-18-27-19-34-29(20-33-27)25-13-7-8-14-25/h1-6,9-12,15-17,19-20,25,32H,7-8,13-14,18,21-22H2. The molecule has 0 unspecified atom stereocenters. The largest absolute Gasteiger partial charge is 0.488 e. The lowest BCUT2D eigenvalue weighted by molar-refractivity contribution is 0.0467. The van der Waals surface area contributed by atoms with Crippen LogP contribution >= 0.6 is 0 Å². The van der Waals surface area contributed by atoms with Crippen LogP contribution in [0, 0.1) is 0 Å². The van der Waals surface area contributed by atoms with Gasteiger partial charge in [0.05, 0.1) is 24.1 Å². The number of nitrogens with one attached hydrogen (secondary N) is 1. The van der Waals surface area contributed by atoms with Gasteiger partial charge in [-0.1, -0.05) is 73.5 Å². The van der Waals surface area contributed by atoms with Gasteiger partial charge in [0, 0.05) is 23.9 Å². The highest BCUT2D eigenvalue weighted by Crippen LogP contribution is 2.32. The Kier molecular flexibility index (Phi) is 8.06. The van der Waals surface area contributed by atoms with Crippen LogP contribution in [0.3, 0.4) is 0 Å². The first kappa shape index (κ1) is 24.5. The van der Waals surface area contributed by atoms with Gasteiger partial charge in [-0.25, -0.2) is 4.79 Å². The predicted molar refractivity (Wildman–Crippen MR) is 143 cm³/mol. The molecule has 1 N–H and O–H groups in total. The normalized spacial score (nSPS) is 13.3. The van der Waals surface area contributed by atoms with Crippen molar-refractivity contribution >= 4 is 11.7 Å². The molecule has 0 spiro atoms. The van der Waals surface area contributed by atoms with Crippen molar-refractivity contribution in [3.63, 3.8) is 0 Å². The smallest absolute Gasteiger partial charge is 0.342 e. The summed E-state index contributed by atoms with van der Waals surface area (Å²) in [6, 6.07) is 24.9. The lowest BCUT2D eigenvalue weighted by atomic mass is 10.1. The van der Waals surface area contributed by atoms with E-state index in [4.69, 9.17) is 9.47 Å². The second-order valence-electron chi connectivity index (χ2n) is 9.31. The predicted octanol–water partition coefficient (Wildman–Crippen LogP) is 6.68. The zero-order chi connectivity index (χ0) is 25.3. The fourth-order valence-corrected chi connectivity index (χ4v) is 4.54. The van der Waals surface area contributed by atoms with Crippen molar-refractivity contribution in [3.8, 4) is 5.75 Å². The number of carbonyl (C=O) groups excluding carboxylic acids is 1. The van der Waals surface area contributed by atoms with Gasteiger partial charge in [-0.2, -0.15) is 0 Å². The minimum Gasteiger partial charge on any atom is -0.488 e. The molecular weight excluding hydrogens is 462 g/mol. The molecule has 4 aromatic rings. The molecule has 1 saturated carbocycles. The quantitative estimate of drug-likeness (QED) is 0.248. The van der Waals surface area contributed by atoms with Gasteiger partial charge in [0.2, 0.25) is 0 Å². The third kappa shape index (κ3) is 6.73. The van der Waals surface area contributed by atoms with Crippen molar-refractivity contribution in [1.82, 2.24) is 9.97 Å². The third-order valence-electron chi connectivity index (χ3n) is 6.62. The summed E-state index contributed by atoms with van der Waals surface area (Å²) in [4.78, 5) is 22.2. The number of hydrogen-bond donors (Lipinski definition) is 1. The van der Waals surface area contributed by atoms with E-state index in [9.17, 15) is 4.79 Å². The van der Waals surface area contributed by atoms with Gasteiger partial charge in [0.25, 0.3) is 0 Å². The molecule has 3 aromatic carbocycles. The summed E-state index contributed by atoms with van der Waals surface area (Å²) in [6.07, 6.45) is 8.73. The average molecular weight is 494 g/mol. The number of esters is 1. The van der Waals surface area contributed by atoms with E-state index in [0.29, 0.717) is 30.4 Å². The molecule has 0 saturated heterocycles. The van der Waals surface area contributed by atoms with E-state index in [0.717, 1.165) is 28.2 Å². The van der Waals surface area contributed by atoms with Crippen molar-refractivity contribution in [2.75, 3.05) is 5.32 Å². The van der Waals surface area contributed by atoms with Crippen LogP contribution < -0.4 is 10.1 Å². The Balaban J connectivity index is 1.27. The molecule has 1 aromatic heterocycles. The molecule has 5 rings (SSSR count). The number of anilines is 1. The molecule has 1 heterocycles. The topological polar surface area (TPSA) is 73.3 Å². The van der Waals surface area contributed by atoms with E-state index in [2.05, 4.69) is 15.3 Å². The maximum atomic E-state index is 12.9. The minimum absolute atomic E-state index is 0.202. The minimum atomic E-state index is -0.424. The van der Waals surface area contributed by atoms with Crippen LogP contribution in [0.1, 0.15) is 64.5 Å². The number of nitrogens with zero attached hydrogens (tertiary/aromatic N) is 2. The second-order valence-corrected chi connectivity index (χ2v) is 9.31. The Labute approximate surface area is 217 Å². The molecule has 1 aliphatic carbocycles. The molecule has 0 aliphatic heterocycles. The van der Waals surface area contributed by atoms with Crippen molar-refractivity contribution < 1.29 is 14.3 Å². The molecule has 188 valence electrons. The summed E-state index contributed by atoms with van der Waals surface area (Å²) in [5, 5.41) is 3.38. The Bertz CT molecular complexity index is 1290. The zero-order valence-corrected chi connectivity index (χ0v) is 20.8. The summed E-state index contributed by atoms with van der Waals surface area (Å²) < 4.78 is 11.7. The maximum Gasteiger partial charge on any atom is 0.342 e. The van der Waals surface area contributed by atoms with Crippen molar-refractivity contribution in [3.05, 3.63) is 119 Å².